The van der Waals surface area contributed by atoms with Gasteiger partial charge in [0, 0.05) is 6.08 Å². The van der Waals surface area contributed by atoms with E-state index in [0.717, 1.165) is 13.0 Å². The minimum Gasteiger partial charge on any atom is -0.462 e. The van der Waals surface area contributed by atoms with Crippen LogP contribution in [0, 0.1) is 5.92 Å². The van der Waals surface area contributed by atoms with Gasteiger partial charge in [-0.15, -0.1) is 0 Å². The highest BCUT2D eigenvalue weighted by molar-refractivity contribution is 5.81. The van der Waals surface area contributed by atoms with Crippen LogP contribution in [0.25, 0.3) is 0 Å². The van der Waals surface area contributed by atoms with E-state index in [1.54, 1.807) is 0 Å². The van der Waals surface area contributed by atoms with Crippen molar-refractivity contribution in [3.8, 4) is 0 Å². The third-order valence-corrected chi connectivity index (χ3v) is 1.75. The molecule has 13 heavy (non-hydrogen) atoms. The van der Waals surface area contributed by atoms with Gasteiger partial charge in [-0.05, 0) is 33.0 Å². The highest BCUT2D eigenvalue weighted by atomic mass is 16.5. The summed E-state index contributed by atoms with van der Waals surface area (Å²) in [5, 5.41) is 0. The molecule has 0 aliphatic rings. The lowest BCUT2D eigenvalue weighted by Crippen LogP contribution is -2.18. The van der Waals surface area contributed by atoms with Crippen LogP contribution in [0.2, 0.25) is 0 Å². The van der Waals surface area contributed by atoms with Gasteiger partial charge in [-0.3, -0.25) is 0 Å². The number of esters is 1. The smallest absolute Gasteiger partial charge is 0.330 e. The summed E-state index contributed by atoms with van der Waals surface area (Å²) in [6, 6.07) is 0. The summed E-state index contributed by atoms with van der Waals surface area (Å²) in [5.41, 5.74) is 0. The highest BCUT2D eigenvalue weighted by Gasteiger charge is 2.04. The van der Waals surface area contributed by atoms with Crippen LogP contribution in [0.4, 0.5) is 0 Å². The monoisotopic (exact) mass is 185 g/mol. The molecule has 76 valence electrons. The first-order valence-electron chi connectivity index (χ1n) is 4.50. The van der Waals surface area contributed by atoms with Gasteiger partial charge in [0.2, 0.25) is 0 Å². The maximum atomic E-state index is 10.7. The lowest BCUT2D eigenvalue weighted by atomic mass is 10.1. The molecule has 3 heteroatoms. The van der Waals surface area contributed by atoms with Crippen molar-refractivity contribution in [2.45, 2.75) is 13.3 Å². The molecule has 0 heterocycles. The Morgan fingerprint density at radius 1 is 1.62 bits per heavy atom. The topological polar surface area (TPSA) is 29.5 Å². The highest BCUT2D eigenvalue weighted by Crippen LogP contribution is 2.02. The average Bonchev–Trinajstić information content (AvgIpc) is 2.10. The Labute approximate surface area is 80.4 Å². The fourth-order valence-corrected chi connectivity index (χ4v) is 0.845. The van der Waals surface area contributed by atoms with E-state index in [0.29, 0.717) is 12.5 Å². The Balaban J connectivity index is 3.45. The van der Waals surface area contributed by atoms with Crippen molar-refractivity contribution in [1.82, 2.24) is 4.90 Å². The predicted octanol–water partition coefficient (Wildman–Crippen LogP) is 1.30. The normalized spacial score (nSPS) is 12.6. The number of hydrogen-bond acceptors (Lipinski definition) is 3. The molecule has 0 aromatic carbocycles. The first kappa shape index (κ1) is 12.2. The van der Waals surface area contributed by atoms with E-state index in [1.807, 2.05) is 14.1 Å². The summed E-state index contributed by atoms with van der Waals surface area (Å²) in [6.07, 6.45) is 2.23. The molecule has 0 saturated heterocycles. The Morgan fingerprint density at radius 2 is 2.23 bits per heavy atom. The summed E-state index contributed by atoms with van der Waals surface area (Å²) in [7, 11) is 4.06. The molecule has 0 aliphatic heterocycles. The number of nitrogens with zero attached hydrogens (tertiary/aromatic N) is 1. The van der Waals surface area contributed by atoms with Gasteiger partial charge in [0.15, 0.2) is 0 Å². The molecule has 0 bridgehead atoms. The standard InChI is InChI=1S/C10H19NO2/c1-5-10(12)13-8-9(2)6-7-11(3)4/h5,9H,1,6-8H2,2-4H3. The molecule has 1 atom stereocenters. The van der Waals surface area contributed by atoms with Gasteiger partial charge < -0.3 is 9.64 Å². The van der Waals surface area contributed by atoms with Crippen LogP contribution in [-0.4, -0.2) is 38.1 Å². The zero-order chi connectivity index (χ0) is 10.3. The molecular formula is C10H19NO2. The molecule has 0 radical (unpaired) electrons. The van der Waals surface area contributed by atoms with Crippen LogP contribution in [0.1, 0.15) is 13.3 Å². The molecular weight excluding hydrogens is 166 g/mol. The second-order valence-electron chi connectivity index (χ2n) is 3.53. The average molecular weight is 185 g/mol. The van der Waals surface area contributed by atoms with Crippen LogP contribution in [0.5, 0.6) is 0 Å². The van der Waals surface area contributed by atoms with Gasteiger partial charge in [-0.1, -0.05) is 13.5 Å². The third kappa shape index (κ3) is 7.53. The van der Waals surface area contributed by atoms with Crippen LogP contribution >= 0.6 is 0 Å². The third-order valence-electron chi connectivity index (χ3n) is 1.75. The van der Waals surface area contributed by atoms with Gasteiger partial charge in [-0.25, -0.2) is 4.79 Å². The fourth-order valence-electron chi connectivity index (χ4n) is 0.845. The molecule has 0 fully saturated rings. The Kier molecular flexibility index (Phi) is 6.24. The van der Waals surface area contributed by atoms with Crippen LogP contribution in [-0.2, 0) is 9.53 Å². The first-order valence-corrected chi connectivity index (χ1v) is 4.50. The molecule has 0 spiro atoms. The van der Waals surface area contributed by atoms with E-state index >= 15 is 0 Å². The molecule has 0 aliphatic carbocycles. The van der Waals surface area contributed by atoms with E-state index in [2.05, 4.69) is 18.4 Å². The summed E-state index contributed by atoms with van der Waals surface area (Å²) >= 11 is 0. The molecule has 0 aromatic heterocycles. The molecule has 0 saturated carbocycles. The van der Waals surface area contributed by atoms with E-state index in [4.69, 9.17) is 4.74 Å². The maximum absolute atomic E-state index is 10.7. The SMILES string of the molecule is C=CC(=O)OCC(C)CCN(C)C. The van der Waals surface area contributed by atoms with Crippen molar-refractivity contribution in [2.75, 3.05) is 27.2 Å². The lowest BCUT2D eigenvalue weighted by Gasteiger charge is -2.14. The summed E-state index contributed by atoms with van der Waals surface area (Å²) < 4.78 is 4.91. The van der Waals surface area contributed by atoms with Crippen LogP contribution in [0.15, 0.2) is 12.7 Å². The quantitative estimate of drug-likeness (QED) is 0.461. The van der Waals surface area contributed by atoms with Gasteiger partial charge in [0.05, 0.1) is 6.61 Å². The van der Waals surface area contributed by atoms with Crippen molar-refractivity contribution in [3.05, 3.63) is 12.7 Å². The van der Waals surface area contributed by atoms with E-state index < -0.39 is 0 Å². The van der Waals surface area contributed by atoms with Gasteiger partial charge in [0.1, 0.15) is 0 Å². The summed E-state index contributed by atoms with van der Waals surface area (Å²) in [6.45, 7) is 6.90. The summed E-state index contributed by atoms with van der Waals surface area (Å²) in [5.74, 6) is 0.0722. The number of carbonyl (C=O) groups excluding carboxylic acids is 1. The van der Waals surface area contributed by atoms with Crippen molar-refractivity contribution in [3.63, 3.8) is 0 Å². The second kappa shape index (κ2) is 6.66. The van der Waals surface area contributed by atoms with E-state index in [-0.39, 0.29) is 5.97 Å². The summed E-state index contributed by atoms with van der Waals surface area (Å²) in [4.78, 5) is 12.8. The van der Waals surface area contributed by atoms with Crippen LogP contribution in [0.3, 0.4) is 0 Å². The van der Waals surface area contributed by atoms with Gasteiger partial charge in [-0.2, -0.15) is 0 Å². The molecule has 3 nitrogen and oxygen atoms in total. The van der Waals surface area contributed by atoms with Gasteiger partial charge in [0.25, 0.3) is 0 Å². The zero-order valence-corrected chi connectivity index (χ0v) is 8.75. The molecule has 1 unspecified atom stereocenters. The minimum atomic E-state index is -0.336. The largest absolute Gasteiger partial charge is 0.462 e. The predicted molar refractivity (Wildman–Crippen MR) is 53.5 cm³/mol. The van der Waals surface area contributed by atoms with Crippen molar-refractivity contribution >= 4 is 5.97 Å². The van der Waals surface area contributed by atoms with Gasteiger partial charge >= 0.3 is 5.97 Å². The van der Waals surface area contributed by atoms with E-state index in [9.17, 15) is 4.79 Å². The Hall–Kier alpha value is -0.830. The van der Waals surface area contributed by atoms with Crippen LogP contribution < -0.4 is 0 Å². The number of rotatable bonds is 6. The molecule has 0 amide bonds. The minimum absolute atomic E-state index is 0.336. The second-order valence-corrected chi connectivity index (χ2v) is 3.53. The number of carbonyl (C=O) groups is 1. The number of ether oxygens (including phenoxy) is 1. The Morgan fingerprint density at radius 3 is 2.69 bits per heavy atom. The molecule has 0 aromatic rings. The lowest BCUT2D eigenvalue weighted by molar-refractivity contribution is -0.139. The van der Waals surface area contributed by atoms with Crippen molar-refractivity contribution in [2.24, 2.45) is 5.92 Å². The van der Waals surface area contributed by atoms with E-state index in [1.165, 1.54) is 6.08 Å². The van der Waals surface area contributed by atoms with Crippen molar-refractivity contribution < 1.29 is 9.53 Å². The molecule has 0 rings (SSSR count). The zero-order valence-electron chi connectivity index (χ0n) is 8.75. The fraction of sp³-hybridized carbons (Fsp3) is 0.700. The van der Waals surface area contributed by atoms with Crippen molar-refractivity contribution in [1.29, 1.82) is 0 Å². The Bertz CT molecular complexity index is 166. The first-order chi connectivity index (χ1) is 6.06. The molecule has 0 N–H and O–H groups in total. The number of hydrogen-bond donors (Lipinski definition) is 0. The maximum Gasteiger partial charge on any atom is 0.330 e.